The Hall–Kier alpha value is -3.28. The molecular formula is C24H17ClN2O2S. The molecule has 6 heteroatoms. The number of thiocarbonyl (C=S) groups is 1. The maximum Gasteiger partial charge on any atom is 0.270 e. The highest BCUT2D eigenvalue weighted by Crippen LogP contribution is 2.26. The zero-order valence-electron chi connectivity index (χ0n) is 16.1. The number of amides is 2. The molecule has 0 bridgehead atoms. The highest BCUT2D eigenvalue weighted by Gasteiger charge is 2.34. The molecule has 4 nitrogen and oxygen atoms in total. The Morgan fingerprint density at radius 1 is 0.933 bits per heavy atom. The fraction of sp³-hybridized carbons (Fsp3) is 0.0417. The van der Waals surface area contributed by atoms with Crippen LogP contribution in [0, 0.1) is 6.92 Å². The van der Waals surface area contributed by atoms with Gasteiger partial charge in [-0.3, -0.25) is 19.8 Å². The summed E-state index contributed by atoms with van der Waals surface area (Å²) in [6.07, 6.45) is 1.58. The summed E-state index contributed by atoms with van der Waals surface area (Å²) in [6, 6.07) is 22.5. The average Bonchev–Trinajstić information content (AvgIpc) is 2.73. The second-order valence-electron chi connectivity index (χ2n) is 6.93. The predicted octanol–water partition coefficient (Wildman–Crippen LogP) is 5.15. The Kier molecular flexibility index (Phi) is 5.48. The molecule has 148 valence electrons. The fourth-order valence-electron chi connectivity index (χ4n) is 3.28. The monoisotopic (exact) mass is 432 g/mol. The van der Waals surface area contributed by atoms with Crippen LogP contribution in [0.25, 0.3) is 17.2 Å². The van der Waals surface area contributed by atoms with Crippen LogP contribution in [-0.4, -0.2) is 16.9 Å². The van der Waals surface area contributed by atoms with Crippen molar-refractivity contribution in [3.05, 3.63) is 94.5 Å². The van der Waals surface area contributed by atoms with E-state index < -0.39 is 11.8 Å². The molecule has 4 rings (SSSR count). The number of anilines is 1. The molecule has 0 spiro atoms. The summed E-state index contributed by atoms with van der Waals surface area (Å²) < 4.78 is 0. The standard InChI is InChI=1S/C24H17ClN2O2S/c1-15-4-2-6-17(12-15)18-7-3-5-16(13-18)14-21-22(28)26-24(30)27(23(21)29)20-10-8-19(25)9-11-20/h2-14H,1H3,(H,26,28,30)/b21-14-. The van der Waals surface area contributed by atoms with Crippen LogP contribution >= 0.6 is 23.8 Å². The molecule has 0 aromatic heterocycles. The smallest absolute Gasteiger partial charge is 0.270 e. The Morgan fingerprint density at radius 3 is 2.30 bits per heavy atom. The first-order valence-corrected chi connectivity index (χ1v) is 10.0. The molecule has 0 radical (unpaired) electrons. The molecule has 2 amide bonds. The molecule has 3 aromatic rings. The van der Waals surface area contributed by atoms with Gasteiger partial charge in [0.15, 0.2) is 5.11 Å². The van der Waals surface area contributed by atoms with Gasteiger partial charge in [0.2, 0.25) is 0 Å². The molecule has 1 aliphatic rings. The molecule has 0 saturated carbocycles. The van der Waals surface area contributed by atoms with E-state index in [0.717, 1.165) is 22.3 Å². The van der Waals surface area contributed by atoms with Gasteiger partial charge >= 0.3 is 0 Å². The largest absolute Gasteiger partial charge is 0.298 e. The molecule has 1 aliphatic heterocycles. The van der Waals surface area contributed by atoms with Crippen LogP contribution in [-0.2, 0) is 9.59 Å². The molecule has 1 fully saturated rings. The van der Waals surface area contributed by atoms with Gasteiger partial charge in [-0.05, 0) is 72.2 Å². The van der Waals surface area contributed by atoms with Gasteiger partial charge in [-0.2, -0.15) is 0 Å². The molecule has 1 heterocycles. The topological polar surface area (TPSA) is 49.4 Å². The summed E-state index contributed by atoms with van der Waals surface area (Å²) in [5, 5.41) is 3.18. The normalized spacial score (nSPS) is 15.5. The first kappa shape index (κ1) is 20.0. The average molecular weight is 433 g/mol. The van der Waals surface area contributed by atoms with Crippen LogP contribution in [0.4, 0.5) is 5.69 Å². The minimum Gasteiger partial charge on any atom is -0.298 e. The van der Waals surface area contributed by atoms with Gasteiger partial charge < -0.3 is 0 Å². The summed E-state index contributed by atoms with van der Waals surface area (Å²) >= 11 is 11.2. The van der Waals surface area contributed by atoms with E-state index in [4.69, 9.17) is 23.8 Å². The number of carbonyl (C=O) groups excluding carboxylic acids is 2. The van der Waals surface area contributed by atoms with Gasteiger partial charge in [-0.1, -0.05) is 59.6 Å². The number of nitrogens with one attached hydrogen (secondary N) is 1. The van der Waals surface area contributed by atoms with Crippen molar-refractivity contribution in [2.24, 2.45) is 0 Å². The Bertz CT molecular complexity index is 1200. The molecule has 1 saturated heterocycles. The summed E-state index contributed by atoms with van der Waals surface area (Å²) in [4.78, 5) is 26.9. The number of halogens is 1. The number of benzene rings is 3. The van der Waals surface area contributed by atoms with E-state index in [0.29, 0.717) is 10.7 Å². The first-order chi connectivity index (χ1) is 14.4. The van der Waals surface area contributed by atoms with Crippen molar-refractivity contribution in [2.45, 2.75) is 6.92 Å². The van der Waals surface area contributed by atoms with E-state index in [1.165, 1.54) is 4.90 Å². The van der Waals surface area contributed by atoms with Crippen molar-refractivity contribution < 1.29 is 9.59 Å². The SMILES string of the molecule is Cc1cccc(-c2cccc(/C=C3/C(=O)NC(=S)N(c4ccc(Cl)cc4)C3=O)c2)c1. The highest BCUT2D eigenvalue weighted by molar-refractivity contribution is 7.80. The summed E-state index contributed by atoms with van der Waals surface area (Å²) in [6.45, 7) is 2.04. The minimum absolute atomic E-state index is 0.0138. The number of carbonyl (C=O) groups is 2. The lowest BCUT2D eigenvalue weighted by molar-refractivity contribution is -0.122. The van der Waals surface area contributed by atoms with Crippen molar-refractivity contribution in [3.8, 4) is 11.1 Å². The molecule has 3 aromatic carbocycles. The molecule has 0 aliphatic carbocycles. The number of rotatable bonds is 3. The van der Waals surface area contributed by atoms with Crippen molar-refractivity contribution in [2.75, 3.05) is 4.90 Å². The Morgan fingerprint density at radius 2 is 1.60 bits per heavy atom. The molecule has 30 heavy (non-hydrogen) atoms. The van der Waals surface area contributed by atoms with Crippen LogP contribution in [0.3, 0.4) is 0 Å². The van der Waals surface area contributed by atoms with E-state index in [9.17, 15) is 9.59 Å². The van der Waals surface area contributed by atoms with E-state index in [1.807, 2.05) is 49.4 Å². The van der Waals surface area contributed by atoms with Crippen molar-refractivity contribution >= 4 is 52.5 Å². The second kappa shape index (κ2) is 8.22. The lowest BCUT2D eigenvalue weighted by Crippen LogP contribution is -2.54. The Balaban J connectivity index is 1.71. The lowest BCUT2D eigenvalue weighted by Gasteiger charge is -2.29. The maximum absolute atomic E-state index is 13.1. The van der Waals surface area contributed by atoms with E-state index in [1.54, 1.807) is 30.3 Å². The number of aryl methyl sites for hydroxylation is 1. The quantitative estimate of drug-likeness (QED) is 0.354. The van der Waals surface area contributed by atoms with Crippen molar-refractivity contribution in [1.82, 2.24) is 5.32 Å². The van der Waals surface area contributed by atoms with Gasteiger partial charge in [0, 0.05) is 5.02 Å². The van der Waals surface area contributed by atoms with Crippen molar-refractivity contribution in [1.29, 1.82) is 0 Å². The number of hydrogen-bond donors (Lipinski definition) is 1. The molecule has 0 unspecified atom stereocenters. The van der Waals surface area contributed by atoms with Crippen LogP contribution in [0.2, 0.25) is 5.02 Å². The van der Waals surface area contributed by atoms with Gasteiger partial charge in [-0.15, -0.1) is 0 Å². The second-order valence-corrected chi connectivity index (χ2v) is 7.75. The number of nitrogens with zero attached hydrogens (tertiary/aromatic N) is 1. The van der Waals surface area contributed by atoms with E-state index >= 15 is 0 Å². The minimum atomic E-state index is -0.517. The molecular weight excluding hydrogens is 416 g/mol. The fourth-order valence-corrected chi connectivity index (χ4v) is 3.69. The Labute approximate surface area is 184 Å². The van der Waals surface area contributed by atoms with Crippen molar-refractivity contribution in [3.63, 3.8) is 0 Å². The third kappa shape index (κ3) is 4.03. The van der Waals surface area contributed by atoms with Crippen LogP contribution < -0.4 is 10.2 Å². The molecule has 1 N–H and O–H groups in total. The molecule has 0 atom stereocenters. The zero-order chi connectivity index (χ0) is 21.3. The van der Waals surface area contributed by atoms with E-state index in [-0.39, 0.29) is 10.7 Å². The van der Waals surface area contributed by atoms with Gasteiger partial charge in [-0.25, -0.2) is 0 Å². The predicted molar refractivity (Wildman–Crippen MR) is 124 cm³/mol. The lowest BCUT2D eigenvalue weighted by atomic mass is 10.00. The van der Waals surface area contributed by atoms with Crippen LogP contribution in [0.15, 0.2) is 78.4 Å². The maximum atomic E-state index is 13.1. The summed E-state index contributed by atoms with van der Waals surface area (Å²) in [5.74, 6) is -0.997. The number of hydrogen-bond acceptors (Lipinski definition) is 3. The summed E-state index contributed by atoms with van der Waals surface area (Å²) in [5.41, 5.74) is 4.52. The summed E-state index contributed by atoms with van der Waals surface area (Å²) in [7, 11) is 0. The zero-order valence-corrected chi connectivity index (χ0v) is 17.6. The third-order valence-corrected chi connectivity index (χ3v) is 5.27. The van der Waals surface area contributed by atoms with Gasteiger partial charge in [0.25, 0.3) is 11.8 Å². The highest BCUT2D eigenvalue weighted by atomic mass is 35.5. The van der Waals surface area contributed by atoms with Crippen LogP contribution in [0.1, 0.15) is 11.1 Å². The van der Waals surface area contributed by atoms with Gasteiger partial charge in [0.05, 0.1) is 5.69 Å². The van der Waals surface area contributed by atoms with E-state index in [2.05, 4.69) is 11.4 Å². The van der Waals surface area contributed by atoms with Crippen LogP contribution in [0.5, 0.6) is 0 Å². The first-order valence-electron chi connectivity index (χ1n) is 9.26. The third-order valence-electron chi connectivity index (χ3n) is 4.74. The van der Waals surface area contributed by atoms with Gasteiger partial charge in [0.1, 0.15) is 5.57 Å².